The van der Waals surface area contributed by atoms with E-state index in [4.69, 9.17) is 34.4 Å². The largest absolute Gasteiger partial charge is 0.487 e. The van der Waals surface area contributed by atoms with Crippen molar-refractivity contribution in [2.75, 3.05) is 19.6 Å². The van der Waals surface area contributed by atoms with Crippen molar-refractivity contribution in [3.63, 3.8) is 0 Å². The van der Waals surface area contributed by atoms with Crippen LogP contribution in [0.5, 0.6) is 5.75 Å². The molecule has 2 rings (SSSR count). The summed E-state index contributed by atoms with van der Waals surface area (Å²) in [5.41, 5.74) is 0. The van der Waals surface area contributed by atoms with Gasteiger partial charge in [0.2, 0.25) is 0 Å². The summed E-state index contributed by atoms with van der Waals surface area (Å²) in [4.78, 5) is 13.1. The van der Waals surface area contributed by atoms with Crippen molar-refractivity contribution in [2.24, 2.45) is 0 Å². The SMILES string of the molecule is C#CCNC(=O)N1CC(Oc2ccc(Cl)c(Cl)c2)C1. The van der Waals surface area contributed by atoms with Crippen LogP contribution in [0.3, 0.4) is 0 Å². The van der Waals surface area contributed by atoms with Gasteiger partial charge in [-0.2, -0.15) is 0 Å². The first-order valence-corrected chi connectivity index (χ1v) is 6.43. The molecule has 1 N–H and O–H groups in total. The number of benzene rings is 1. The first-order chi connectivity index (χ1) is 9.10. The van der Waals surface area contributed by atoms with Crippen LogP contribution in [0.25, 0.3) is 0 Å². The van der Waals surface area contributed by atoms with Gasteiger partial charge in [-0.3, -0.25) is 0 Å². The second kappa shape index (κ2) is 6.05. The van der Waals surface area contributed by atoms with Crippen LogP contribution in [0.15, 0.2) is 18.2 Å². The smallest absolute Gasteiger partial charge is 0.318 e. The van der Waals surface area contributed by atoms with Crippen molar-refractivity contribution >= 4 is 29.2 Å². The average molecular weight is 299 g/mol. The van der Waals surface area contributed by atoms with E-state index >= 15 is 0 Å². The number of carbonyl (C=O) groups is 1. The van der Waals surface area contributed by atoms with Crippen molar-refractivity contribution in [3.8, 4) is 18.1 Å². The lowest BCUT2D eigenvalue weighted by molar-refractivity contribution is 0.0448. The molecule has 1 heterocycles. The van der Waals surface area contributed by atoms with Crippen molar-refractivity contribution in [1.29, 1.82) is 0 Å². The summed E-state index contributed by atoms with van der Waals surface area (Å²) in [5, 5.41) is 3.52. The second-order valence-corrected chi connectivity index (χ2v) is 4.90. The number of halogens is 2. The fourth-order valence-electron chi connectivity index (χ4n) is 1.66. The summed E-state index contributed by atoms with van der Waals surface area (Å²) < 4.78 is 5.67. The lowest BCUT2D eigenvalue weighted by atomic mass is 10.2. The van der Waals surface area contributed by atoms with Gasteiger partial charge in [0.1, 0.15) is 11.9 Å². The van der Waals surface area contributed by atoms with Crippen LogP contribution in [0.1, 0.15) is 0 Å². The van der Waals surface area contributed by atoms with Crippen LogP contribution in [0, 0.1) is 12.3 Å². The molecule has 4 nitrogen and oxygen atoms in total. The fraction of sp³-hybridized carbons (Fsp3) is 0.308. The number of carbonyl (C=O) groups excluding carboxylic acids is 1. The Kier molecular flexibility index (Phi) is 4.41. The van der Waals surface area contributed by atoms with E-state index in [0.29, 0.717) is 28.9 Å². The third-order valence-electron chi connectivity index (χ3n) is 2.67. The molecule has 6 heteroatoms. The maximum Gasteiger partial charge on any atom is 0.318 e. The standard InChI is InChI=1S/C13H12Cl2N2O2/c1-2-5-16-13(18)17-7-10(8-17)19-9-3-4-11(14)12(15)6-9/h1,3-4,6,10H,5,7-8H2,(H,16,18). The minimum atomic E-state index is -0.174. The molecule has 0 bridgehead atoms. The molecule has 0 radical (unpaired) electrons. The molecular weight excluding hydrogens is 287 g/mol. The van der Waals surface area contributed by atoms with Gasteiger partial charge in [0, 0.05) is 6.07 Å². The van der Waals surface area contributed by atoms with Gasteiger partial charge in [-0.05, 0) is 12.1 Å². The molecule has 1 aliphatic heterocycles. The van der Waals surface area contributed by atoms with E-state index in [2.05, 4.69) is 11.2 Å². The maximum absolute atomic E-state index is 11.5. The Morgan fingerprint density at radius 2 is 2.21 bits per heavy atom. The summed E-state index contributed by atoms with van der Waals surface area (Å²) in [7, 11) is 0. The molecule has 0 saturated carbocycles. The van der Waals surface area contributed by atoms with Crippen LogP contribution < -0.4 is 10.1 Å². The molecule has 0 unspecified atom stereocenters. The Balaban J connectivity index is 1.80. The summed E-state index contributed by atoms with van der Waals surface area (Å²) in [6.07, 6.45) is 5.03. The molecule has 0 aromatic heterocycles. The van der Waals surface area contributed by atoms with E-state index in [-0.39, 0.29) is 18.7 Å². The Labute approximate surface area is 121 Å². The van der Waals surface area contributed by atoms with Crippen molar-refractivity contribution < 1.29 is 9.53 Å². The molecule has 0 spiro atoms. The summed E-state index contributed by atoms with van der Waals surface area (Å²) >= 11 is 11.7. The van der Waals surface area contributed by atoms with E-state index in [9.17, 15) is 4.79 Å². The number of ether oxygens (including phenoxy) is 1. The number of rotatable bonds is 3. The quantitative estimate of drug-likeness (QED) is 0.871. The van der Waals surface area contributed by atoms with E-state index in [1.807, 2.05) is 0 Å². The maximum atomic E-state index is 11.5. The number of nitrogens with zero attached hydrogens (tertiary/aromatic N) is 1. The zero-order valence-electron chi connectivity index (χ0n) is 10.0. The van der Waals surface area contributed by atoms with Gasteiger partial charge in [0.05, 0.1) is 29.7 Å². The Hall–Kier alpha value is -1.57. The number of urea groups is 1. The highest BCUT2D eigenvalue weighted by Crippen LogP contribution is 2.27. The van der Waals surface area contributed by atoms with Gasteiger partial charge in [-0.15, -0.1) is 6.42 Å². The molecule has 0 atom stereocenters. The molecule has 1 aromatic carbocycles. The van der Waals surface area contributed by atoms with Crippen molar-refractivity contribution in [2.45, 2.75) is 6.10 Å². The third kappa shape index (κ3) is 3.46. The van der Waals surface area contributed by atoms with Crippen LogP contribution >= 0.6 is 23.2 Å². The second-order valence-electron chi connectivity index (χ2n) is 4.08. The van der Waals surface area contributed by atoms with Gasteiger partial charge in [0.25, 0.3) is 0 Å². The Morgan fingerprint density at radius 3 is 2.84 bits per heavy atom. The van der Waals surface area contributed by atoms with Crippen LogP contribution in [-0.4, -0.2) is 36.7 Å². The molecule has 1 aliphatic rings. The van der Waals surface area contributed by atoms with Crippen LogP contribution in [0.4, 0.5) is 4.79 Å². The number of hydrogen-bond donors (Lipinski definition) is 1. The monoisotopic (exact) mass is 298 g/mol. The predicted octanol–water partition coefficient (Wildman–Crippen LogP) is 2.40. The molecule has 0 aliphatic carbocycles. The highest BCUT2D eigenvalue weighted by atomic mass is 35.5. The van der Waals surface area contributed by atoms with Crippen LogP contribution in [0.2, 0.25) is 10.0 Å². The molecule has 100 valence electrons. The summed E-state index contributed by atoms with van der Waals surface area (Å²) in [6.45, 7) is 1.28. The molecule has 1 fully saturated rings. The average Bonchev–Trinajstić information content (AvgIpc) is 2.34. The van der Waals surface area contributed by atoms with Crippen molar-refractivity contribution in [1.82, 2.24) is 10.2 Å². The Bertz CT molecular complexity index is 522. The first-order valence-electron chi connectivity index (χ1n) is 5.68. The Morgan fingerprint density at radius 1 is 1.47 bits per heavy atom. The third-order valence-corrected chi connectivity index (χ3v) is 3.41. The van der Waals surface area contributed by atoms with Gasteiger partial charge >= 0.3 is 6.03 Å². The van der Waals surface area contributed by atoms with Crippen LogP contribution in [-0.2, 0) is 0 Å². The van der Waals surface area contributed by atoms with Gasteiger partial charge in [-0.25, -0.2) is 4.79 Å². The highest BCUT2D eigenvalue weighted by Gasteiger charge is 2.32. The van der Waals surface area contributed by atoms with E-state index in [1.54, 1.807) is 23.1 Å². The predicted molar refractivity (Wildman–Crippen MR) is 74.7 cm³/mol. The number of hydrogen-bond acceptors (Lipinski definition) is 2. The van der Waals surface area contributed by atoms with E-state index in [0.717, 1.165) is 0 Å². The summed E-state index contributed by atoms with van der Waals surface area (Å²) in [6, 6.07) is 4.90. The van der Waals surface area contributed by atoms with E-state index < -0.39 is 0 Å². The minimum absolute atomic E-state index is 0.0335. The molecule has 2 amide bonds. The number of amides is 2. The lowest BCUT2D eigenvalue weighted by Crippen LogP contribution is -2.58. The molecular formula is C13H12Cl2N2O2. The molecule has 19 heavy (non-hydrogen) atoms. The van der Waals surface area contributed by atoms with E-state index in [1.165, 1.54) is 0 Å². The normalized spacial score (nSPS) is 14.5. The molecule has 1 saturated heterocycles. The highest BCUT2D eigenvalue weighted by molar-refractivity contribution is 6.42. The number of likely N-dealkylation sites (tertiary alicyclic amines) is 1. The van der Waals surface area contributed by atoms with Crippen molar-refractivity contribution in [3.05, 3.63) is 28.2 Å². The zero-order valence-corrected chi connectivity index (χ0v) is 11.5. The first kappa shape index (κ1) is 13.9. The summed E-state index contributed by atoms with van der Waals surface area (Å²) in [5.74, 6) is 2.99. The number of terminal acetylenes is 1. The van der Waals surface area contributed by atoms with Gasteiger partial charge in [0.15, 0.2) is 0 Å². The topological polar surface area (TPSA) is 41.6 Å². The number of nitrogens with one attached hydrogen (secondary N) is 1. The zero-order chi connectivity index (χ0) is 13.8. The van der Waals surface area contributed by atoms with Gasteiger partial charge in [-0.1, -0.05) is 29.1 Å². The van der Waals surface area contributed by atoms with Gasteiger partial charge < -0.3 is 15.0 Å². The molecule has 1 aromatic rings. The lowest BCUT2D eigenvalue weighted by Gasteiger charge is -2.38. The minimum Gasteiger partial charge on any atom is -0.487 e. The fourth-order valence-corrected chi connectivity index (χ4v) is 1.95.